The molecule has 0 N–H and O–H groups in total. The number of aromatic nitrogens is 3. The molecule has 7 nitrogen and oxygen atoms in total. The van der Waals surface area contributed by atoms with E-state index >= 15 is 0 Å². The van der Waals surface area contributed by atoms with Crippen LogP contribution >= 0.6 is 0 Å². The van der Waals surface area contributed by atoms with Crippen LogP contribution in [0.15, 0.2) is 53.1 Å². The van der Waals surface area contributed by atoms with Crippen LogP contribution in [0.25, 0.3) is 22.9 Å². The van der Waals surface area contributed by atoms with Gasteiger partial charge in [0.1, 0.15) is 17.5 Å². The number of likely N-dealkylation sites (N-methyl/N-ethyl adjacent to an activating group) is 1. The van der Waals surface area contributed by atoms with Crippen molar-refractivity contribution in [1.29, 1.82) is 5.26 Å². The third-order valence-corrected chi connectivity index (χ3v) is 5.55. The molecule has 0 saturated heterocycles. The normalized spacial score (nSPS) is 16.1. The van der Waals surface area contributed by atoms with Gasteiger partial charge in [0.05, 0.1) is 11.2 Å². The highest BCUT2D eigenvalue weighted by Crippen LogP contribution is 2.30. The van der Waals surface area contributed by atoms with Gasteiger partial charge in [-0.05, 0) is 50.6 Å². The van der Waals surface area contributed by atoms with E-state index in [1.54, 1.807) is 19.9 Å². The summed E-state index contributed by atoms with van der Waals surface area (Å²) in [7, 11) is 1.94. The molecular formula is C23H21N5O2. The van der Waals surface area contributed by atoms with Crippen molar-refractivity contribution in [3.8, 4) is 11.8 Å². The van der Waals surface area contributed by atoms with Gasteiger partial charge in [0.2, 0.25) is 0 Å². The van der Waals surface area contributed by atoms with Crippen molar-refractivity contribution in [3.05, 3.63) is 64.6 Å². The monoisotopic (exact) mass is 399 g/mol. The molecule has 0 unspecified atom stereocenters. The van der Waals surface area contributed by atoms with Crippen LogP contribution in [-0.2, 0) is 16.6 Å². The number of benzene rings is 1. The van der Waals surface area contributed by atoms with Crippen molar-refractivity contribution in [2.45, 2.75) is 20.8 Å². The Morgan fingerprint density at radius 2 is 1.83 bits per heavy atom. The van der Waals surface area contributed by atoms with Gasteiger partial charge in [-0.25, -0.2) is 4.98 Å². The van der Waals surface area contributed by atoms with Crippen LogP contribution in [0.2, 0.25) is 0 Å². The summed E-state index contributed by atoms with van der Waals surface area (Å²) in [4.78, 5) is 31.3. The van der Waals surface area contributed by atoms with Gasteiger partial charge in [-0.1, -0.05) is 18.2 Å². The van der Waals surface area contributed by atoms with Crippen LogP contribution in [0.1, 0.15) is 25.4 Å². The lowest BCUT2D eigenvalue weighted by molar-refractivity contribution is -0.140. The van der Waals surface area contributed by atoms with E-state index in [2.05, 4.69) is 0 Å². The highest BCUT2D eigenvalue weighted by atomic mass is 16.2. The van der Waals surface area contributed by atoms with Crippen LogP contribution in [0.3, 0.4) is 0 Å². The number of hydrogen-bond acceptors (Lipinski definition) is 4. The van der Waals surface area contributed by atoms with Crippen molar-refractivity contribution in [1.82, 2.24) is 19.0 Å². The average Bonchev–Trinajstić information content (AvgIpc) is 3.22. The molecule has 1 aliphatic rings. The summed E-state index contributed by atoms with van der Waals surface area (Å²) in [6, 6.07) is 13.7. The number of fused-ring (bicyclic) bond motifs is 1. The Bertz CT molecular complexity index is 1300. The molecule has 1 aromatic carbocycles. The minimum absolute atomic E-state index is 0.000887. The van der Waals surface area contributed by atoms with E-state index in [-0.39, 0.29) is 12.1 Å². The number of nitrogens with zero attached hydrogens (tertiary/aromatic N) is 5. The molecule has 0 atom stereocenters. The van der Waals surface area contributed by atoms with Crippen molar-refractivity contribution in [2.24, 2.45) is 7.05 Å². The van der Waals surface area contributed by atoms with Gasteiger partial charge in [-0.3, -0.25) is 19.1 Å². The zero-order chi connectivity index (χ0) is 21.6. The first kappa shape index (κ1) is 19.4. The number of aryl methyl sites for hydroxylation is 2. The van der Waals surface area contributed by atoms with Crippen LogP contribution in [0.4, 0.5) is 0 Å². The largest absolute Gasteiger partial charge is 0.330 e. The Morgan fingerprint density at radius 1 is 1.13 bits per heavy atom. The number of hydrogen-bond donors (Lipinski definition) is 0. The van der Waals surface area contributed by atoms with E-state index in [1.165, 1.54) is 0 Å². The Labute approximate surface area is 174 Å². The molecule has 4 rings (SSSR count). The van der Waals surface area contributed by atoms with Crippen LogP contribution in [0, 0.1) is 18.3 Å². The number of amides is 2. The summed E-state index contributed by atoms with van der Waals surface area (Å²) >= 11 is 0. The number of carbonyl (C=O) groups is 2. The standard InChI is InChI=1S/C23H21N5O2/c1-5-27-22(29)18(14(2)19(13-24)23(27)30)11-17-12-20-21(25-15(3)26(20)4)28(17)16-9-7-6-8-10-16/h6-12H,5H2,1-4H3/b18-11-. The van der Waals surface area contributed by atoms with Crippen LogP contribution in [-0.4, -0.2) is 37.4 Å². The highest BCUT2D eigenvalue weighted by molar-refractivity contribution is 6.19. The summed E-state index contributed by atoms with van der Waals surface area (Å²) in [6.07, 6.45) is 1.74. The Hall–Kier alpha value is -3.92. The molecule has 0 aliphatic carbocycles. The van der Waals surface area contributed by atoms with Crippen molar-refractivity contribution >= 4 is 29.1 Å². The first-order valence-corrected chi connectivity index (χ1v) is 9.68. The second kappa shape index (κ2) is 7.16. The van der Waals surface area contributed by atoms with Gasteiger partial charge >= 0.3 is 0 Å². The van der Waals surface area contributed by atoms with E-state index in [0.717, 1.165) is 33.3 Å². The fourth-order valence-electron chi connectivity index (χ4n) is 3.78. The summed E-state index contributed by atoms with van der Waals surface area (Å²) in [5, 5.41) is 9.48. The third-order valence-electron chi connectivity index (χ3n) is 5.55. The van der Waals surface area contributed by atoms with E-state index in [4.69, 9.17) is 4.98 Å². The topological polar surface area (TPSA) is 83.9 Å². The number of carbonyl (C=O) groups excluding carboxylic acids is 2. The molecule has 0 bridgehead atoms. The molecule has 0 saturated carbocycles. The zero-order valence-electron chi connectivity index (χ0n) is 17.3. The lowest BCUT2D eigenvalue weighted by Gasteiger charge is -2.26. The van der Waals surface area contributed by atoms with Crippen LogP contribution < -0.4 is 0 Å². The predicted molar refractivity (Wildman–Crippen MR) is 113 cm³/mol. The molecule has 3 aromatic rings. The second-order valence-electron chi connectivity index (χ2n) is 7.19. The fraction of sp³-hybridized carbons (Fsp3) is 0.217. The molecule has 7 heteroatoms. The van der Waals surface area contributed by atoms with Gasteiger partial charge < -0.3 is 4.57 Å². The summed E-state index contributed by atoms with van der Waals surface area (Å²) in [6.45, 7) is 5.51. The first-order valence-electron chi connectivity index (χ1n) is 9.68. The van der Waals surface area contributed by atoms with Crippen molar-refractivity contribution < 1.29 is 9.59 Å². The molecule has 1 aliphatic heterocycles. The van der Waals surface area contributed by atoms with E-state index < -0.39 is 11.8 Å². The van der Waals surface area contributed by atoms with Gasteiger partial charge in [-0.15, -0.1) is 0 Å². The summed E-state index contributed by atoms with van der Waals surface area (Å²) in [5.41, 5.74) is 4.10. The maximum atomic E-state index is 13.0. The summed E-state index contributed by atoms with van der Waals surface area (Å²) < 4.78 is 3.97. The second-order valence-corrected chi connectivity index (χ2v) is 7.19. The maximum Gasteiger partial charge on any atom is 0.271 e. The number of imidazole rings is 1. The Kier molecular flexibility index (Phi) is 4.63. The molecule has 2 aromatic heterocycles. The van der Waals surface area contributed by atoms with Gasteiger partial charge in [0, 0.05) is 24.9 Å². The van der Waals surface area contributed by atoms with Gasteiger partial charge in [0.25, 0.3) is 11.8 Å². The third kappa shape index (κ3) is 2.77. The smallest absolute Gasteiger partial charge is 0.271 e. The minimum Gasteiger partial charge on any atom is -0.330 e. The van der Waals surface area contributed by atoms with E-state index in [9.17, 15) is 14.9 Å². The Morgan fingerprint density at radius 3 is 2.47 bits per heavy atom. The predicted octanol–water partition coefficient (Wildman–Crippen LogP) is 3.28. The molecule has 30 heavy (non-hydrogen) atoms. The SMILES string of the molecule is CCN1C(=O)C(C#N)=C(C)/C(=C/c2cc3c(nc(C)n3C)n2-c2ccccc2)C1=O. The van der Waals surface area contributed by atoms with E-state index in [1.807, 2.05) is 65.6 Å². The molecule has 3 heterocycles. The number of imide groups is 1. The maximum absolute atomic E-state index is 13.0. The zero-order valence-corrected chi connectivity index (χ0v) is 17.3. The van der Waals surface area contributed by atoms with Crippen molar-refractivity contribution in [3.63, 3.8) is 0 Å². The Balaban J connectivity index is 2.01. The molecule has 150 valence electrons. The lowest BCUT2D eigenvalue weighted by Crippen LogP contribution is -2.42. The van der Waals surface area contributed by atoms with E-state index in [0.29, 0.717) is 11.1 Å². The minimum atomic E-state index is -0.541. The fourth-order valence-corrected chi connectivity index (χ4v) is 3.78. The van der Waals surface area contributed by atoms with Crippen LogP contribution in [0.5, 0.6) is 0 Å². The number of nitriles is 1. The number of rotatable bonds is 3. The first-order chi connectivity index (χ1) is 14.4. The molecule has 2 amide bonds. The average molecular weight is 399 g/mol. The number of para-hydroxylation sites is 1. The molecule has 0 radical (unpaired) electrons. The molecular weight excluding hydrogens is 378 g/mol. The summed E-state index contributed by atoms with van der Waals surface area (Å²) in [5.74, 6) is -0.0585. The van der Waals surface area contributed by atoms with Crippen molar-refractivity contribution in [2.75, 3.05) is 6.54 Å². The van der Waals surface area contributed by atoms with Gasteiger partial charge in [0.15, 0.2) is 5.65 Å². The van der Waals surface area contributed by atoms with Gasteiger partial charge in [-0.2, -0.15) is 5.26 Å². The highest BCUT2D eigenvalue weighted by Gasteiger charge is 2.34. The molecule has 0 spiro atoms. The molecule has 0 fully saturated rings. The lowest BCUT2D eigenvalue weighted by atomic mass is 9.94. The quantitative estimate of drug-likeness (QED) is 0.500.